The molecular formula is C50H96O5. The van der Waals surface area contributed by atoms with Gasteiger partial charge in [0.15, 0.2) is 6.10 Å². The van der Waals surface area contributed by atoms with Crippen molar-refractivity contribution in [3.05, 3.63) is 12.2 Å². The van der Waals surface area contributed by atoms with Crippen LogP contribution in [0.5, 0.6) is 0 Å². The van der Waals surface area contributed by atoms with E-state index in [9.17, 15) is 14.7 Å². The van der Waals surface area contributed by atoms with E-state index < -0.39 is 6.10 Å². The first-order valence-corrected chi connectivity index (χ1v) is 24.7. The summed E-state index contributed by atoms with van der Waals surface area (Å²) >= 11 is 0. The van der Waals surface area contributed by atoms with Gasteiger partial charge in [-0.3, -0.25) is 9.59 Å². The van der Waals surface area contributed by atoms with E-state index in [1.54, 1.807) is 0 Å². The van der Waals surface area contributed by atoms with Crippen molar-refractivity contribution in [1.82, 2.24) is 0 Å². The van der Waals surface area contributed by atoms with Crippen LogP contribution in [0.25, 0.3) is 0 Å². The SMILES string of the molecule is CCCCCCCCCC/C=C\CCCCCCCCCCCCCC(=O)OC(CO)COC(=O)CCCCCCCCCCCCCCCCCCCC. The molecule has 0 spiro atoms. The minimum atomic E-state index is -0.766. The average molecular weight is 777 g/mol. The van der Waals surface area contributed by atoms with Gasteiger partial charge < -0.3 is 14.6 Å². The standard InChI is InChI=1S/C50H96O5/c1-3-5-7-9-11-13-15-17-19-21-23-24-25-26-27-29-31-33-35-37-39-41-43-45-50(53)55-48(46-51)47-54-49(52)44-42-40-38-36-34-32-30-28-22-20-18-16-14-12-10-8-6-4-2/h21,23,48,51H,3-20,22,24-47H2,1-2H3/b23-21-. The Kier molecular flexibility index (Phi) is 45.9. The lowest BCUT2D eigenvalue weighted by atomic mass is 10.0. The van der Waals surface area contributed by atoms with Crippen LogP contribution in [-0.4, -0.2) is 36.4 Å². The van der Waals surface area contributed by atoms with E-state index in [0.29, 0.717) is 12.8 Å². The number of aliphatic hydroxyl groups is 1. The molecule has 0 saturated heterocycles. The highest BCUT2D eigenvalue weighted by atomic mass is 16.6. The zero-order chi connectivity index (χ0) is 40.0. The highest BCUT2D eigenvalue weighted by Gasteiger charge is 2.16. The molecule has 55 heavy (non-hydrogen) atoms. The van der Waals surface area contributed by atoms with E-state index in [1.165, 1.54) is 218 Å². The molecule has 0 aromatic carbocycles. The smallest absolute Gasteiger partial charge is 0.306 e. The molecule has 5 heteroatoms. The van der Waals surface area contributed by atoms with Gasteiger partial charge in [0.05, 0.1) is 6.61 Å². The molecule has 0 radical (unpaired) electrons. The number of unbranched alkanes of at least 4 members (excludes halogenated alkanes) is 36. The van der Waals surface area contributed by atoms with Crippen molar-refractivity contribution in [3.63, 3.8) is 0 Å². The lowest BCUT2D eigenvalue weighted by Gasteiger charge is -2.15. The Labute approximate surface area is 343 Å². The van der Waals surface area contributed by atoms with Crippen LogP contribution < -0.4 is 0 Å². The molecule has 326 valence electrons. The fourth-order valence-corrected chi connectivity index (χ4v) is 7.55. The first-order valence-electron chi connectivity index (χ1n) is 24.7. The number of hydrogen-bond acceptors (Lipinski definition) is 5. The second-order valence-corrected chi connectivity index (χ2v) is 16.9. The number of esters is 2. The van der Waals surface area contributed by atoms with Crippen molar-refractivity contribution < 1.29 is 24.2 Å². The van der Waals surface area contributed by atoms with Gasteiger partial charge in [-0.05, 0) is 38.5 Å². The molecule has 1 unspecified atom stereocenters. The van der Waals surface area contributed by atoms with Gasteiger partial charge in [0, 0.05) is 12.8 Å². The zero-order valence-electron chi connectivity index (χ0n) is 37.2. The van der Waals surface area contributed by atoms with E-state index in [-0.39, 0.29) is 25.2 Å². The maximum absolute atomic E-state index is 12.2. The number of hydrogen-bond donors (Lipinski definition) is 1. The molecule has 1 atom stereocenters. The summed E-state index contributed by atoms with van der Waals surface area (Å²) in [5.74, 6) is -0.573. The molecule has 0 aromatic rings. The van der Waals surface area contributed by atoms with E-state index in [0.717, 1.165) is 32.1 Å². The normalized spacial score (nSPS) is 12.1. The van der Waals surface area contributed by atoms with Gasteiger partial charge in [-0.15, -0.1) is 0 Å². The minimum Gasteiger partial charge on any atom is -0.462 e. The lowest BCUT2D eigenvalue weighted by molar-refractivity contribution is -0.161. The Hall–Kier alpha value is -1.36. The van der Waals surface area contributed by atoms with Crippen molar-refractivity contribution in [3.8, 4) is 0 Å². The van der Waals surface area contributed by atoms with Gasteiger partial charge in [0.1, 0.15) is 6.61 Å². The highest BCUT2D eigenvalue weighted by molar-refractivity contribution is 5.70. The summed E-state index contributed by atoms with van der Waals surface area (Å²) in [7, 11) is 0. The first kappa shape index (κ1) is 53.6. The largest absolute Gasteiger partial charge is 0.462 e. The second-order valence-electron chi connectivity index (χ2n) is 16.9. The van der Waals surface area contributed by atoms with Gasteiger partial charge in [0.25, 0.3) is 0 Å². The zero-order valence-corrected chi connectivity index (χ0v) is 37.2. The number of rotatable bonds is 46. The summed E-state index contributed by atoms with van der Waals surface area (Å²) in [4.78, 5) is 24.4. The molecule has 0 rings (SSSR count). The van der Waals surface area contributed by atoms with E-state index in [2.05, 4.69) is 26.0 Å². The number of ether oxygens (including phenoxy) is 2. The van der Waals surface area contributed by atoms with Crippen molar-refractivity contribution in [2.45, 2.75) is 283 Å². The van der Waals surface area contributed by atoms with Crippen LogP contribution in [0.4, 0.5) is 0 Å². The van der Waals surface area contributed by atoms with Crippen molar-refractivity contribution in [1.29, 1.82) is 0 Å². The molecule has 0 saturated carbocycles. The first-order chi connectivity index (χ1) is 27.1. The maximum Gasteiger partial charge on any atom is 0.306 e. The van der Waals surface area contributed by atoms with Gasteiger partial charge in [-0.1, -0.05) is 238 Å². The molecule has 0 heterocycles. The molecular weight excluding hydrogens is 681 g/mol. The summed E-state index contributed by atoms with van der Waals surface area (Å²) in [5.41, 5.74) is 0. The number of aliphatic hydroxyl groups excluding tert-OH is 1. The van der Waals surface area contributed by atoms with Crippen LogP contribution in [0.3, 0.4) is 0 Å². The van der Waals surface area contributed by atoms with Crippen LogP contribution in [0.2, 0.25) is 0 Å². The van der Waals surface area contributed by atoms with Crippen molar-refractivity contribution in [2.24, 2.45) is 0 Å². The van der Waals surface area contributed by atoms with Crippen LogP contribution in [0.1, 0.15) is 277 Å². The monoisotopic (exact) mass is 777 g/mol. The Balaban J connectivity index is 3.45. The summed E-state index contributed by atoms with van der Waals surface area (Å²) in [5, 5.41) is 9.61. The van der Waals surface area contributed by atoms with Gasteiger partial charge >= 0.3 is 11.9 Å². The van der Waals surface area contributed by atoms with Crippen LogP contribution in [0.15, 0.2) is 12.2 Å². The van der Waals surface area contributed by atoms with E-state index in [4.69, 9.17) is 9.47 Å². The predicted molar refractivity (Wildman–Crippen MR) is 238 cm³/mol. The van der Waals surface area contributed by atoms with E-state index in [1.807, 2.05) is 0 Å². The lowest BCUT2D eigenvalue weighted by Crippen LogP contribution is -2.28. The molecule has 0 amide bonds. The van der Waals surface area contributed by atoms with Crippen molar-refractivity contribution >= 4 is 11.9 Å². The second kappa shape index (κ2) is 47.0. The third-order valence-corrected chi connectivity index (χ3v) is 11.3. The Morgan fingerprint density at radius 3 is 0.982 bits per heavy atom. The summed E-state index contributed by atoms with van der Waals surface area (Å²) < 4.78 is 10.7. The summed E-state index contributed by atoms with van der Waals surface area (Å²) in [6.45, 7) is 4.18. The molecule has 5 nitrogen and oxygen atoms in total. The summed E-state index contributed by atoms with van der Waals surface area (Å²) in [6.07, 6.45) is 55.9. The third kappa shape index (κ3) is 45.2. The Bertz CT molecular complexity index is 795. The molecule has 0 fully saturated rings. The third-order valence-electron chi connectivity index (χ3n) is 11.3. The molecule has 0 aliphatic heterocycles. The van der Waals surface area contributed by atoms with Crippen molar-refractivity contribution in [2.75, 3.05) is 13.2 Å². The van der Waals surface area contributed by atoms with Crippen LogP contribution in [0, 0.1) is 0 Å². The number of carbonyl (C=O) groups is 2. The van der Waals surface area contributed by atoms with Crippen LogP contribution in [-0.2, 0) is 19.1 Å². The highest BCUT2D eigenvalue weighted by Crippen LogP contribution is 2.16. The predicted octanol–water partition coefficient (Wildman–Crippen LogP) is 16.0. The minimum absolute atomic E-state index is 0.0590. The molecule has 1 N–H and O–H groups in total. The van der Waals surface area contributed by atoms with Gasteiger partial charge in [-0.25, -0.2) is 0 Å². The topological polar surface area (TPSA) is 72.8 Å². The van der Waals surface area contributed by atoms with Gasteiger partial charge in [-0.2, -0.15) is 0 Å². The summed E-state index contributed by atoms with van der Waals surface area (Å²) in [6, 6.07) is 0. The number of allylic oxidation sites excluding steroid dienone is 2. The van der Waals surface area contributed by atoms with E-state index >= 15 is 0 Å². The fourth-order valence-electron chi connectivity index (χ4n) is 7.55. The molecule has 0 bridgehead atoms. The molecule has 0 aromatic heterocycles. The number of carbonyl (C=O) groups excluding carboxylic acids is 2. The Morgan fingerprint density at radius 1 is 0.400 bits per heavy atom. The molecule has 0 aliphatic rings. The maximum atomic E-state index is 12.2. The Morgan fingerprint density at radius 2 is 0.673 bits per heavy atom. The molecule has 0 aliphatic carbocycles. The van der Waals surface area contributed by atoms with Crippen LogP contribution >= 0.6 is 0 Å². The fraction of sp³-hybridized carbons (Fsp3) is 0.920. The quantitative estimate of drug-likeness (QED) is 0.0379. The average Bonchev–Trinajstić information content (AvgIpc) is 3.19. The van der Waals surface area contributed by atoms with Gasteiger partial charge in [0.2, 0.25) is 0 Å².